The van der Waals surface area contributed by atoms with Gasteiger partial charge in [0.1, 0.15) is 0 Å². The van der Waals surface area contributed by atoms with E-state index in [4.69, 9.17) is 0 Å². The Morgan fingerprint density at radius 2 is 2.00 bits per heavy atom. The summed E-state index contributed by atoms with van der Waals surface area (Å²) in [5.41, 5.74) is 1.07. The lowest BCUT2D eigenvalue weighted by Gasteiger charge is -2.17. The van der Waals surface area contributed by atoms with E-state index in [9.17, 15) is 4.79 Å². The lowest BCUT2D eigenvalue weighted by Crippen LogP contribution is -2.41. The zero-order valence-corrected chi connectivity index (χ0v) is 10.1. The highest BCUT2D eigenvalue weighted by molar-refractivity contribution is 5.74. The normalized spacial score (nSPS) is 17.7. The number of hydrogen-bond donors (Lipinski definition) is 2. The van der Waals surface area contributed by atoms with Crippen molar-refractivity contribution in [2.45, 2.75) is 44.7 Å². The molecule has 4 heteroatoms. The first-order valence-electron chi connectivity index (χ1n) is 6.22. The number of carbonyl (C=O) groups excluding carboxylic acids is 1. The molecule has 2 rings (SSSR count). The van der Waals surface area contributed by atoms with Gasteiger partial charge in [0, 0.05) is 18.4 Å². The SMILES string of the molecule is CC(NC(=O)NC1CCCC1)c1ccncc1. The van der Waals surface area contributed by atoms with Gasteiger partial charge in [-0.3, -0.25) is 4.98 Å². The van der Waals surface area contributed by atoms with Gasteiger partial charge in [-0.1, -0.05) is 12.8 Å². The Balaban J connectivity index is 1.81. The second kappa shape index (κ2) is 5.66. The molecule has 0 aliphatic heterocycles. The molecule has 17 heavy (non-hydrogen) atoms. The molecule has 2 N–H and O–H groups in total. The number of hydrogen-bond acceptors (Lipinski definition) is 2. The van der Waals surface area contributed by atoms with Crippen molar-refractivity contribution in [1.82, 2.24) is 15.6 Å². The van der Waals surface area contributed by atoms with Gasteiger partial charge in [-0.2, -0.15) is 0 Å². The fourth-order valence-corrected chi connectivity index (χ4v) is 2.23. The first-order chi connectivity index (χ1) is 8.25. The zero-order valence-electron chi connectivity index (χ0n) is 10.1. The second-order valence-corrected chi connectivity index (χ2v) is 4.60. The fraction of sp³-hybridized carbons (Fsp3) is 0.538. The van der Waals surface area contributed by atoms with Crippen LogP contribution >= 0.6 is 0 Å². The molecule has 92 valence electrons. The first kappa shape index (κ1) is 11.9. The van der Waals surface area contributed by atoms with Gasteiger partial charge >= 0.3 is 6.03 Å². The minimum absolute atomic E-state index is 0.0133. The Bertz CT molecular complexity index is 360. The van der Waals surface area contributed by atoms with Gasteiger partial charge in [0.05, 0.1) is 6.04 Å². The zero-order chi connectivity index (χ0) is 12.1. The Morgan fingerprint density at radius 1 is 1.35 bits per heavy atom. The van der Waals surface area contributed by atoms with Crippen molar-refractivity contribution in [3.05, 3.63) is 30.1 Å². The summed E-state index contributed by atoms with van der Waals surface area (Å²) in [6, 6.07) is 4.14. The minimum Gasteiger partial charge on any atom is -0.335 e. The summed E-state index contributed by atoms with van der Waals surface area (Å²) < 4.78 is 0. The van der Waals surface area contributed by atoms with Crippen molar-refractivity contribution >= 4 is 6.03 Å². The van der Waals surface area contributed by atoms with E-state index in [2.05, 4.69) is 15.6 Å². The van der Waals surface area contributed by atoms with Crippen LogP contribution in [-0.2, 0) is 0 Å². The summed E-state index contributed by atoms with van der Waals surface area (Å²) in [5, 5.41) is 5.96. The van der Waals surface area contributed by atoms with E-state index in [1.54, 1.807) is 12.4 Å². The highest BCUT2D eigenvalue weighted by Crippen LogP contribution is 2.17. The summed E-state index contributed by atoms with van der Waals surface area (Å²) in [5.74, 6) is 0. The van der Waals surface area contributed by atoms with E-state index < -0.39 is 0 Å². The van der Waals surface area contributed by atoms with Crippen molar-refractivity contribution in [1.29, 1.82) is 0 Å². The lowest BCUT2D eigenvalue weighted by molar-refractivity contribution is 0.234. The van der Waals surface area contributed by atoms with Crippen LogP contribution in [0, 0.1) is 0 Å². The number of nitrogens with zero attached hydrogens (tertiary/aromatic N) is 1. The predicted molar refractivity (Wildman–Crippen MR) is 66.6 cm³/mol. The third-order valence-corrected chi connectivity index (χ3v) is 3.24. The van der Waals surface area contributed by atoms with Crippen molar-refractivity contribution in [3.8, 4) is 0 Å². The Labute approximate surface area is 102 Å². The number of rotatable bonds is 3. The van der Waals surface area contributed by atoms with Gasteiger partial charge in [-0.15, -0.1) is 0 Å². The average molecular weight is 233 g/mol. The predicted octanol–water partition coefficient (Wildman–Crippen LogP) is 2.38. The van der Waals surface area contributed by atoms with Crippen LogP contribution in [0.1, 0.15) is 44.2 Å². The van der Waals surface area contributed by atoms with Crippen molar-refractivity contribution in [2.75, 3.05) is 0 Å². The molecule has 0 saturated heterocycles. The van der Waals surface area contributed by atoms with E-state index in [1.807, 2.05) is 19.1 Å². The Morgan fingerprint density at radius 3 is 2.65 bits per heavy atom. The van der Waals surface area contributed by atoms with Gasteiger partial charge in [0.15, 0.2) is 0 Å². The van der Waals surface area contributed by atoms with E-state index in [0.29, 0.717) is 6.04 Å². The molecule has 1 saturated carbocycles. The van der Waals surface area contributed by atoms with Crippen LogP contribution in [0.15, 0.2) is 24.5 Å². The van der Waals surface area contributed by atoms with E-state index >= 15 is 0 Å². The molecule has 1 aromatic heterocycles. The van der Waals surface area contributed by atoms with Crippen LogP contribution in [0.25, 0.3) is 0 Å². The highest BCUT2D eigenvalue weighted by Gasteiger charge is 2.18. The minimum atomic E-state index is -0.0683. The van der Waals surface area contributed by atoms with Gasteiger partial charge in [-0.25, -0.2) is 4.79 Å². The van der Waals surface area contributed by atoms with Gasteiger partial charge in [0.25, 0.3) is 0 Å². The van der Waals surface area contributed by atoms with E-state index in [1.165, 1.54) is 12.8 Å². The maximum atomic E-state index is 11.7. The van der Waals surface area contributed by atoms with E-state index in [-0.39, 0.29) is 12.1 Å². The maximum Gasteiger partial charge on any atom is 0.315 e. The Kier molecular flexibility index (Phi) is 3.96. The molecule has 1 heterocycles. The Hall–Kier alpha value is -1.58. The molecule has 1 aromatic rings. The molecule has 1 fully saturated rings. The molecule has 1 aliphatic rings. The molecule has 1 atom stereocenters. The van der Waals surface area contributed by atoms with Gasteiger partial charge in [0.2, 0.25) is 0 Å². The first-order valence-corrected chi connectivity index (χ1v) is 6.22. The summed E-state index contributed by atoms with van der Waals surface area (Å²) in [6.45, 7) is 1.98. The van der Waals surface area contributed by atoms with Crippen LogP contribution in [0.3, 0.4) is 0 Å². The number of urea groups is 1. The summed E-state index contributed by atoms with van der Waals surface area (Å²) in [7, 11) is 0. The largest absolute Gasteiger partial charge is 0.335 e. The van der Waals surface area contributed by atoms with Crippen molar-refractivity contribution in [3.63, 3.8) is 0 Å². The molecular weight excluding hydrogens is 214 g/mol. The molecule has 4 nitrogen and oxygen atoms in total. The summed E-state index contributed by atoms with van der Waals surface area (Å²) in [4.78, 5) is 15.7. The smallest absolute Gasteiger partial charge is 0.315 e. The van der Waals surface area contributed by atoms with Crippen LogP contribution in [0.5, 0.6) is 0 Å². The molecule has 1 aliphatic carbocycles. The van der Waals surface area contributed by atoms with Crippen molar-refractivity contribution < 1.29 is 4.79 Å². The molecular formula is C13H19N3O. The fourth-order valence-electron chi connectivity index (χ4n) is 2.23. The van der Waals surface area contributed by atoms with Crippen LogP contribution in [0.4, 0.5) is 4.79 Å². The third-order valence-electron chi connectivity index (χ3n) is 3.24. The molecule has 0 aromatic carbocycles. The standard InChI is InChI=1S/C13H19N3O/c1-10(11-6-8-14-9-7-11)15-13(17)16-12-4-2-3-5-12/h6-10,12H,2-5H2,1H3,(H2,15,16,17). The lowest BCUT2D eigenvalue weighted by atomic mass is 10.1. The van der Waals surface area contributed by atoms with Crippen LogP contribution in [0.2, 0.25) is 0 Å². The summed E-state index contributed by atoms with van der Waals surface area (Å²) >= 11 is 0. The van der Waals surface area contributed by atoms with Crippen molar-refractivity contribution in [2.24, 2.45) is 0 Å². The molecule has 0 radical (unpaired) electrons. The second-order valence-electron chi connectivity index (χ2n) is 4.60. The average Bonchev–Trinajstić information content (AvgIpc) is 2.82. The van der Waals surface area contributed by atoms with Gasteiger partial charge < -0.3 is 10.6 Å². The molecule has 0 bridgehead atoms. The molecule has 1 unspecified atom stereocenters. The third kappa shape index (κ3) is 3.44. The number of carbonyl (C=O) groups is 1. The van der Waals surface area contributed by atoms with Crippen LogP contribution in [-0.4, -0.2) is 17.1 Å². The quantitative estimate of drug-likeness (QED) is 0.842. The van der Waals surface area contributed by atoms with Gasteiger partial charge in [-0.05, 0) is 37.5 Å². The molecule has 0 spiro atoms. The number of amides is 2. The highest BCUT2D eigenvalue weighted by atomic mass is 16.2. The number of pyridine rings is 1. The molecule has 2 amide bonds. The topological polar surface area (TPSA) is 54.0 Å². The number of aromatic nitrogens is 1. The van der Waals surface area contributed by atoms with E-state index in [0.717, 1.165) is 18.4 Å². The van der Waals surface area contributed by atoms with Crippen LogP contribution < -0.4 is 10.6 Å². The monoisotopic (exact) mass is 233 g/mol. The number of nitrogens with one attached hydrogen (secondary N) is 2. The summed E-state index contributed by atoms with van der Waals surface area (Å²) in [6.07, 6.45) is 8.15. The maximum absolute atomic E-state index is 11.7.